The Morgan fingerprint density at radius 3 is 2.65 bits per heavy atom. The van der Waals surface area contributed by atoms with Crippen molar-refractivity contribution < 1.29 is 9.53 Å². The summed E-state index contributed by atoms with van der Waals surface area (Å²) in [5, 5.41) is 6.42. The second-order valence-corrected chi connectivity index (χ2v) is 8.00. The van der Waals surface area contributed by atoms with Gasteiger partial charge in [0.15, 0.2) is 0 Å². The minimum Gasteiger partial charge on any atom is -0.444 e. The number of nitrogens with one attached hydrogen (secondary N) is 2. The van der Waals surface area contributed by atoms with Crippen molar-refractivity contribution in [2.75, 3.05) is 13.1 Å². The average Bonchev–Trinajstić information content (AvgIpc) is 2.43. The van der Waals surface area contributed by atoms with Crippen molar-refractivity contribution in [3.05, 3.63) is 35.4 Å². The number of ether oxygens (including phenoxy) is 1. The van der Waals surface area contributed by atoms with Gasteiger partial charge in [-0.25, -0.2) is 4.79 Å². The van der Waals surface area contributed by atoms with Crippen LogP contribution in [0.2, 0.25) is 0 Å². The second-order valence-electron chi connectivity index (χ2n) is 8.00. The number of hydrogen-bond acceptors (Lipinski definition) is 3. The lowest BCUT2D eigenvalue weighted by Gasteiger charge is -2.40. The summed E-state index contributed by atoms with van der Waals surface area (Å²) in [4.78, 5) is 11.7. The number of rotatable bonds is 4. The molecule has 0 saturated carbocycles. The lowest BCUT2D eigenvalue weighted by atomic mass is 9.70. The Labute approximate surface area is 140 Å². The van der Waals surface area contributed by atoms with E-state index in [1.165, 1.54) is 17.5 Å². The Morgan fingerprint density at radius 1 is 1.26 bits per heavy atom. The van der Waals surface area contributed by atoms with Gasteiger partial charge in [-0.2, -0.15) is 0 Å². The molecule has 1 amide bonds. The molecular weight excluding hydrogens is 288 g/mol. The van der Waals surface area contributed by atoms with Gasteiger partial charge in [0.1, 0.15) is 5.60 Å². The summed E-state index contributed by atoms with van der Waals surface area (Å²) in [6.45, 7) is 11.5. The van der Waals surface area contributed by atoms with Crippen LogP contribution < -0.4 is 10.6 Å². The summed E-state index contributed by atoms with van der Waals surface area (Å²) in [5.41, 5.74) is 2.58. The highest BCUT2D eigenvalue weighted by molar-refractivity contribution is 5.67. The first-order valence-electron chi connectivity index (χ1n) is 8.47. The summed E-state index contributed by atoms with van der Waals surface area (Å²) in [5.74, 6) is 0. The predicted octanol–water partition coefficient (Wildman–Crippen LogP) is 3.81. The SMILES string of the molecule is CC(C)(C)OC(=O)NCCNC1c2ccccc2CCC1(C)C. The van der Waals surface area contributed by atoms with Crippen LogP contribution in [0.25, 0.3) is 0 Å². The number of carbonyl (C=O) groups is 1. The number of fused-ring (bicyclic) bond motifs is 1. The second kappa shape index (κ2) is 6.91. The average molecular weight is 318 g/mol. The fraction of sp³-hybridized carbons (Fsp3) is 0.632. The van der Waals surface area contributed by atoms with Crippen LogP contribution in [0.4, 0.5) is 4.79 Å². The van der Waals surface area contributed by atoms with Gasteiger partial charge < -0.3 is 15.4 Å². The summed E-state index contributed by atoms with van der Waals surface area (Å²) in [6.07, 6.45) is 1.95. The van der Waals surface area contributed by atoms with Gasteiger partial charge in [0.2, 0.25) is 0 Å². The first-order chi connectivity index (χ1) is 10.7. The Bertz CT molecular complexity index is 547. The fourth-order valence-corrected chi connectivity index (χ4v) is 3.15. The first kappa shape index (κ1) is 17.8. The number of benzene rings is 1. The zero-order chi connectivity index (χ0) is 17.1. The molecule has 0 saturated heterocycles. The molecule has 1 atom stereocenters. The van der Waals surface area contributed by atoms with Crippen LogP contribution in [0.15, 0.2) is 24.3 Å². The van der Waals surface area contributed by atoms with Gasteiger partial charge in [0, 0.05) is 19.1 Å². The van der Waals surface area contributed by atoms with Gasteiger partial charge in [0.05, 0.1) is 0 Å². The molecule has 4 nitrogen and oxygen atoms in total. The van der Waals surface area contributed by atoms with Gasteiger partial charge in [0.25, 0.3) is 0 Å². The Morgan fingerprint density at radius 2 is 1.96 bits per heavy atom. The molecule has 1 aromatic rings. The van der Waals surface area contributed by atoms with Crippen molar-refractivity contribution in [3.8, 4) is 0 Å². The van der Waals surface area contributed by atoms with Crippen LogP contribution >= 0.6 is 0 Å². The van der Waals surface area contributed by atoms with E-state index in [1.807, 2.05) is 20.8 Å². The molecule has 2 N–H and O–H groups in total. The van der Waals surface area contributed by atoms with E-state index in [1.54, 1.807) is 0 Å². The Kier molecular flexibility index (Phi) is 5.35. The maximum absolute atomic E-state index is 11.7. The van der Waals surface area contributed by atoms with Crippen LogP contribution in [0, 0.1) is 5.41 Å². The van der Waals surface area contributed by atoms with E-state index in [9.17, 15) is 4.79 Å². The third kappa shape index (κ3) is 4.96. The molecule has 1 aliphatic carbocycles. The van der Waals surface area contributed by atoms with Crippen LogP contribution in [0.5, 0.6) is 0 Å². The molecular formula is C19H30N2O2. The summed E-state index contributed by atoms with van der Waals surface area (Å²) < 4.78 is 5.25. The van der Waals surface area contributed by atoms with E-state index in [4.69, 9.17) is 4.74 Å². The van der Waals surface area contributed by atoms with E-state index < -0.39 is 5.60 Å². The van der Waals surface area contributed by atoms with E-state index in [0.29, 0.717) is 12.6 Å². The highest BCUT2D eigenvalue weighted by Gasteiger charge is 2.35. The molecule has 0 spiro atoms. The standard InChI is InChI=1S/C19H30N2O2/c1-18(2,3)23-17(22)21-13-12-20-16-15-9-7-6-8-14(15)10-11-19(16,4)5/h6-9,16,20H,10-13H2,1-5H3,(H,21,22). The van der Waals surface area contributed by atoms with Crippen LogP contribution in [-0.2, 0) is 11.2 Å². The lowest BCUT2D eigenvalue weighted by Crippen LogP contribution is -2.42. The number of alkyl carbamates (subject to hydrolysis) is 1. The molecule has 0 radical (unpaired) electrons. The van der Waals surface area contributed by atoms with Crippen LogP contribution in [0.3, 0.4) is 0 Å². The first-order valence-corrected chi connectivity index (χ1v) is 8.47. The number of aryl methyl sites for hydroxylation is 1. The lowest BCUT2D eigenvalue weighted by molar-refractivity contribution is 0.0527. The topological polar surface area (TPSA) is 50.4 Å². The molecule has 0 aromatic heterocycles. The van der Waals surface area contributed by atoms with Gasteiger partial charge in [-0.3, -0.25) is 0 Å². The third-order valence-corrected chi connectivity index (χ3v) is 4.33. The Hall–Kier alpha value is -1.55. The molecule has 1 aromatic carbocycles. The monoisotopic (exact) mass is 318 g/mol. The van der Waals surface area contributed by atoms with Gasteiger partial charge in [-0.05, 0) is 50.2 Å². The number of hydrogen-bond donors (Lipinski definition) is 2. The summed E-state index contributed by atoms with van der Waals surface area (Å²) in [6, 6.07) is 8.97. The molecule has 128 valence electrons. The van der Waals surface area contributed by atoms with Gasteiger partial charge in [-0.15, -0.1) is 0 Å². The van der Waals surface area contributed by atoms with E-state index >= 15 is 0 Å². The quantitative estimate of drug-likeness (QED) is 0.830. The van der Waals surface area contributed by atoms with Crippen LogP contribution in [0.1, 0.15) is 58.2 Å². The third-order valence-electron chi connectivity index (χ3n) is 4.33. The predicted molar refractivity (Wildman–Crippen MR) is 93.5 cm³/mol. The molecule has 0 heterocycles. The highest BCUT2D eigenvalue weighted by Crippen LogP contribution is 2.43. The normalized spacial score (nSPS) is 19.8. The highest BCUT2D eigenvalue weighted by atomic mass is 16.6. The summed E-state index contributed by atoms with van der Waals surface area (Å²) in [7, 11) is 0. The van der Waals surface area contributed by atoms with Crippen LogP contribution in [-0.4, -0.2) is 24.8 Å². The van der Waals surface area contributed by atoms with Crippen molar-refractivity contribution in [2.45, 2.75) is 59.1 Å². The van der Waals surface area contributed by atoms with Crippen molar-refractivity contribution in [2.24, 2.45) is 5.41 Å². The molecule has 2 rings (SSSR count). The number of carbonyl (C=O) groups excluding carboxylic acids is 1. The molecule has 0 bridgehead atoms. The summed E-state index contributed by atoms with van der Waals surface area (Å²) >= 11 is 0. The molecule has 23 heavy (non-hydrogen) atoms. The maximum atomic E-state index is 11.7. The van der Waals surface area contributed by atoms with E-state index in [-0.39, 0.29) is 11.5 Å². The largest absolute Gasteiger partial charge is 0.444 e. The molecule has 0 aliphatic heterocycles. The minimum atomic E-state index is -0.457. The van der Waals surface area contributed by atoms with Gasteiger partial charge >= 0.3 is 6.09 Å². The van der Waals surface area contributed by atoms with Gasteiger partial charge in [-0.1, -0.05) is 38.1 Å². The zero-order valence-electron chi connectivity index (χ0n) is 15.0. The molecule has 4 heteroatoms. The zero-order valence-corrected chi connectivity index (χ0v) is 15.0. The van der Waals surface area contributed by atoms with Crippen molar-refractivity contribution in [3.63, 3.8) is 0 Å². The Balaban J connectivity index is 1.88. The fourth-order valence-electron chi connectivity index (χ4n) is 3.15. The van der Waals surface area contributed by atoms with Crippen molar-refractivity contribution >= 4 is 6.09 Å². The molecule has 1 unspecified atom stereocenters. The smallest absolute Gasteiger partial charge is 0.407 e. The maximum Gasteiger partial charge on any atom is 0.407 e. The molecule has 1 aliphatic rings. The van der Waals surface area contributed by atoms with Crippen molar-refractivity contribution in [1.29, 1.82) is 0 Å². The van der Waals surface area contributed by atoms with E-state index in [2.05, 4.69) is 48.7 Å². The van der Waals surface area contributed by atoms with E-state index in [0.717, 1.165) is 13.0 Å². The minimum absolute atomic E-state index is 0.209. The molecule has 0 fully saturated rings. The van der Waals surface area contributed by atoms with Crippen molar-refractivity contribution in [1.82, 2.24) is 10.6 Å². The number of amides is 1.